The number of rotatable bonds is 9. The van der Waals surface area contributed by atoms with Crippen LogP contribution in [0.1, 0.15) is 33.2 Å². The number of nitrogens with zero attached hydrogens (tertiary/aromatic N) is 2. The van der Waals surface area contributed by atoms with Gasteiger partial charge in [-0.05, 0) is 29.8 Å². The number of carbonyl (C=O) groups excluding carboxylic acids is 3. The SMILES string of the molecule is CC(=O)Nc1cc(C(=O)NCC2CN(Cc3ccccc3)CCO2)c(NC(=O)c2ccccc2)cc1N(C)C. The van der Waals surface area contributed by atoms with Crippen LogP contribution in [0.5, 0.6) is 0 Å². The Morgan fingerprint density at radius 1 is 0.923 bits per heavy atom. The first-order valence-electron chi connectivity index (χ1n) is 13.0. The van der Waals surface area contributed by atoms with Gasteiger partial charge in [-0.1, -0.05) is 48.5 Å². The van der Waals surface area contributed by atoms with Crippen molar-refractivity contribution in [2.75, 3.05) is 55.9 Å². The Morgan fingerprint density at radius 2 is 1.62 bits per heavy atom. The molecule has 3 amide bonds. The number of nitrogens with one attached hydrogen (secondary N) is 3. The van der Waals surface area contributed by atoms with E-state index in [9.17, 15) is 14.4 Å². The van der Waals surface area contributed by atoms with Crippen LogP contribution in [0.2, 0.25) is 0 Å². The van der Waals surface area contributed by atoms with Crippen molar-refractivity contribution < 1.29 is 19.1 Å². The molecule has 0 aliphatic carbocycles. The van der Waals surface area contributed by atoms with Gasteiger partial charge < -0.3 is 25.6 Å². The van der Waals surface area contributed by atoms with Crippen LogP contribution < -0.4 is 20.9 Å². The molecule has 0 radical (unpaired) electrons. The number of hydrogen-bond acceptors (Lipinski definition) is 6. The van der Waals surface area contributed by atoms with E-state index < -0.39 is 0 Å². The molecule has 3 aromatic rings. The highest BCUT2D eigenvalue weighted by molar-refractivity contribution is 6.11. The number of carbonyl (C=O) groups is 3. The fraction of sp³-hybridized carbons (Fsp3) is 0.300. The summed E-state index contributed by atoms with van der Waals surface area (Å²) in [5, 5.41) is 8.64. The van der Waals surface area contributed by atoms with Crippen molar-refractivity contribution in [1.82, 2.24) is 10.2 Å². The summed E-state index contributed by atoms with van der Waals surface area (Å²) in [5.41, 5.74) is 3.40. The summed E-state index contributed by atoms with van der Waals surface area (Å²) in [6.45, 7) is 4.61. The smallest absolute Gasteiger partial charge is 0.255 e. The van der Waals surface area contributed by atoms with Crippen LogP contribution >= 0.6 is 0 Å². The maximum absolute atomic E-state index is 13.5. The standard InChI is InChI=1S/C30H35N5O4/c1-21(36)32-27-16-25(26(17-28(27)34(2)3)33-29(37)23-12-8-5-9-13-23)30(38)31-18-24-20-35(14-15-39-24)19-22-10-6-4-7-11-22/h4-13,16-17,24H,14-15,18-20H2,1-3H3,(H,31,38)(H,32,36)(H,33,37). The summed E-state index contributed by atoms with van der Waals surface area (Å²) >= 11 is 0. The second-order valence-electron chi connectivity index (χ2n) is 9.73. The van der Waals surface area contributed by atoms with Gasteiger partial charge in [0.2, 0.25) is 5.91 Å². The highest BCUT2D eigenvalue weighted by Crippen LogP contribution is 2.32. The zero-order valence-electron chi connectivity index (χ0n) is 22.6. The number of morpholine rings is 1. The van der Waals surface area contributed by atoms with Crippen LogP contribution in [0.4, 0.5) is 17.1 Å². The van der Waals surface area contributed by atoms with Gasteiger partial charge in [0.25, 0.3) is 11.8 Å². The normalized spacial score (nSPS) is 15.3. The summed E-state index contributed by atoms with van der Waals surface area (Å²) in [4.78, 5) is 42.4. The van der Waals surface area contributed by atoms with E-state index in [4.69, 9.17) is 4.74 Å². The largest absolute Gasteiger partial charge is 0.376 e. The monoisotopic (exact) mass is 529 g/mol. The highest BCUT2D eigenvalue weighted by atomic mass is 16.5. The average Bonchev–Trinajstić information content (AvgIpc) is 2.93. The molecule has 1 saturated heterocycles. The molecule has 1 aliphatic rings. The van der Waals surface area contributed by atoms with Crippen LogP contribution in [0.3, 0.4) is 0 Å². The third-order valence-corrected chi connectivity index (χ3v) is 6.42. The summed E-state index contributed by atoms with van der Waals surface area (Å²) in [6.07, 6.45) is -0.176. The molecular weight excluding hydrogens is 494 g/mol. The molecule has 1 aliphatic heterocycles. The molecule has 0 saturated carbocycles. The predicted octanol–water partition coefficient (Wildman–Crippen LogP) is 3.59. The van der Waals surface area contributed by atoms with E-state index >= 15 is 0 Å². The molecule has 0 aromatic heterocycles. The van der Waals surface area contributed by atoms with E-state index in [1.54, 1.807) is 36.4 Å². The Labute approximate surface area is 229 Å². The van der Waals surface area contributed by atoms with Gasteiger partial charge in [-0.25, -0.2) is 0 Å². The average molecular weight is 530 g/mol. The fourth-order valence-electron chi connectivity index (χ4n) is 4.51. The van der Waals surface area contributed by atoms with Crippen molar-refractivity contribution in [2.24, 2.45) is 0 Å². The number of benzene rings is 3. The van der Waals surface area contributed by atoms with Gasteiger partial charge in [-0.15, -0.1) is 0 Å². The molecule has 9 heteroatoms. The van der Waals surface area contributed by atoms with E-state index in [1.165, 1.54) is 12.5 Å². The van der Waals surface area contributed by atoms with Gasteiger partial charge in [0.15, 0.2) is 0 Å². The first-order chi connectivity index (χ1) is 18.8. The zero-order chi connectivity index (χ0) is 27.8. The third kappa shape index (κ3) is 7.66. The molecule has 1 unspecified atom stereocenters. The lowest BCUT2D eigenvalue weighted by Crippen LogP contribution is -2.47. The van der Waals surface area contributed by atoms with Crippen molar-refractivity contribution in [1.29, 1.82) is 0 Å². The lowest BCUT2D eigenvalue weighted by atomic mass is 10.1. The van der Waals surface area contributed by atoms with E-state index in [0.29, 0.717) is 42.3 Å². The molecule has 204 valence electrons. The summed E-state index contributed by atoms with van der Waals surface area (Å²) in [5.74, 6) is -0.979. The molecule has 3 aromatic carbocycles. The molecule has 9 nitrogen and oxygen atoms in total. The lowest BCUT2D eigenvalue weighted by molar-refractivity contribution is -0.114. The second-order valence-corrected chi connectivity index (χ2v) is 9.73. The Balaban J connectivity index is 1.52. The van der Waals surface area contributed by atoms with Crippen LogP contribution in [0.25, 0.3) is 0 Å². The van der Waals surface area contributed by atoms with Crippen LogP contribution in [0, 0.1) is 0 Å². The molecule has 0 spiro atoms. The Morgan fingerprint density at radius 3 is 2.28 bits per heavy atom. The van der Waals surface area contributed by atoms with E-state index in [2.05, 4.69) is 33.0 Å². The van der Waals surface area contributed by atoms with Crippen LogP contribution in [-0.2, 0) is 16.1 Å². The first kappa shape index (κ1) is 27.8. The Kier molecular flexibility index (Phi) is 9.30. The third-order valence-electron chi connectivity index (χ3n) is 6.42. The summed E-state index contributed by atoms with van der Waals surface area (Å²) in [7, 11) is 3.65. The van der Waals surface area contributed by atoms with Crippen molar-refractivity contribution in [3.05, 3.63) is 89.5 Å². The minimum atomic E-state index is -0.376. The summed E-state index contributed by atoms with van der Waals surface area (Å²) in [6, 6.07) is 22.3. The number of ether oxygens (including phenoxy) is 1. The summed E-state index contributed by atoms with van der Waals surface area (Å²) < 4.78 is 5.92. The molecule has 1 fully saturated rings. The number of hydrogen-bond donors (Lipinski definition) is 3. The topological polar surface area (TPSA) is 103 Å². The van der Waals surface area contributed by atoms with E-state index in [1.807, 2.05) is 43.3 Å². The predicted molar refractivity (Wildman–Crippen MR) is 153 cm³/mol. The van der Waals surface area contributed by atoms with Crippen molar-refractivity contribution >= 4 is 34.8 Å². The molecule has 3 N–H and O–H groups in total. The minimum Gasteiger partial charge on any atom is -0.376 e. The van der Waals surface area contributed by atoms with Gasteiger partial charge in [-0.2, -0.15) is 0 Å². The molecule has 1 heterocycles. The zero-order valence-corrected chi connectivity index (χ0v) is 22.6. The number of anilines is 3. The lowest BCUT2D eigenvalue weighted by Gasteiger charge is -2.33. The van der Waals surface area contributed by atoms with Gasteiger partial charge >= 0.3 is 0 Å². The fourth-order valence-corrected chi connectivity index (χ4v) is 4.51. The molecule has 4 rings (SSSR count). The number of amides is 3. The van der Waals surface area contributed by atoms with Crippen LogP contribution in [0.15, 0.2) is 72.8 Å². The minimum absolute atomic E-state index is 0.176. The Hall–Kier alpha value is -4.21. The molecule has 0 bridgehead atoms. The van der Waals surface area contributed by atoms with E-state index in [0.717, 1.165) is 13.1 Å². The van der Waals surface area contributed by atoms with Gasteiger partial charge in [0.1, 0.15) is 0 Å². The highest BCUT2D eigenvalue weighted by Gasteiger charge is 2.24. The van der Waals surface area contributed by atoms with Gasteiger partial charge in [0, 0.05) is 52.8 Å². The maximum Gasteiger partial charge on any atom is 0.255 e. The van der Waals surface area contributed by atoms with Crippen molar-refractivity contribution in [3.63, 3.8) is 0 Å². The quantitative estimate of drug-likeness (QED) is 0.392. The van der Waals surface area contributed by atoms with Gasteiger partial charge in [-0.3, -0.25) is 19.3 Å². The van der Waals surface area contributed by atoms with Crippen molar-refractivity contribution in [3.8, 4) is 0 Å². The molecule has 1 atom stereocenters. The van der Waals surface area contributed by atoms with Crippen molar-refractivity contribution in [2.45, 2.75) is 19.6 Å². The van der Waals surface area contributed by atoms with Gasteiger partial charge in [0.05, 0.1) is 35.3 Å². The first-order valence-corrected chi connectivity index (χ1v) is 13.0. The Bertz CT molecular complexity index is 1300. The van der Waals surface area contributed by atoms with Crippen LogP contribution in [-0.4, -0.2) is 69.1 Å². The second kappa shape index (κ2) is 13.0. The maximum atomic E-state index is 13.5. The van der Waals surface area contributed by atoms with E-state index in [-0.39, 0.29) is 29.4 Å². The molecule has 39 heavy (non-hydrogen) atoms. The molecular formula is C30H35N5O4.